The first-order chi connectivity index (χ1) is 13.1. The van der Waals surface area contributed by atoms with Crippen LogP contribution in [-0.4, -0.2) is 26.2 Å². The molecule has 2 aromatic carbocycles. The van der Waals surface area contributed by atoms with E-state index in [1.54, 1.807) is 42.5 Å². The van der Waals surface area contributed by atoms with E-state index in [-0.39, 0.29) is 5.57 Å². The first-order valence-corrected chi connectivity index (χ1v) is 8.58. The highest BCUT2D eigenvalue weighted by atomic mass is 16.5. The standard InChI is InChI=1S/C21H22N2O4/c1-4-26-18-9-7-17(8-10-18)23-21(24)16(14-22)12-15-6-11-19(27-5-2)20(13-15)25-3/h6-13H,4-5H2,1-3H3,(H,23,24). The average Bonchev–Trinajstić information content (AvgIpc) is 2.68. The molecule has 2 rings (SSSR count). The largest absolute Gasteiger partial charge is 0.494 e. The maximum absolute atomic E-state index is 12.4. The van der Waals surface area contributed by atoms with Crippen LogP contribution < -0.4 is 19.5 Å². The predicted octanol–water partition coefficient (Wildman–Crippen LogP) is 4.04. The Bertz CT molecular complexity index is 851. The molecule has 0 aromatic heterocycles. The Morgan fingerprint density at radius 2 is 1.78 bits per heavy atom. The van der Waals surface area contributed by atoms with Gasteiger partial charge in [-0.3, -0.25) is 4.79 Å². The lowest BCUT2D eigenvalue weighted by Crippen LogP contribution is -2.13. The number of amides is 1. The second-order valence-corrected chi connectivity index (χ2v) is 5.42. The maximum atomic E-state index is 12.4. The number of anilines is 1. The number of nitriles is 1. The van der Waals surface area contributed by atoms with Gasteiger partial charge in [-0.2, -0.15) is 5.26 Å². The normalized spacial score (nSPS) is 10.7. The van der Waals surface area contributed by atoms with Gasteiger partial charge in [0, 0.05) is 5.69 Å². The van der Waals surface area contributed by atoms with Crippen molar-refractivity contribution in [2.75, 3.05) is 25.6 Å². The summed E-state index contributed by atoms with van der Waals surface area (Å²) in [6.07, 6.45) is 1.50. The number of hydrogen-bond acceptors (Lipinski definition) is 5. The summed E-state index contributed by atoms with van der Waals surface area (Å²) in [6, 6.07) is 14.1. The third-order valence-electron chi connectivity index (χ3n) is 3.59. The minimum atomic E-state index is -0.491. The van der Waals surface area contributed by atoms with Gasteiger partial charge in [-0.1, -0.05) is 6.07 Å². The monoisotopic (exact) mass is 366 g/mol. The van der Waals surface area contributed by atoms with E-state index in [1.807, 2.05) is 19.9 Å². The SMILES string of the molecule is CCOc1ccc(NC(=O)C(C#N)=Cc2ccc(OCC)c(OC)c2)cc1. The highest BCUT2D eigenvalue weighted by Gasteiger charge is 2.11. The third-order valence-corrected chi connectivity index (χ3v) is 3.59. The van der Waals surface area contributed by atoms with Crippen LogP contribution in [0.15, 0.2) is 48.0 Å². The molecule has 0 fully saturated rings. The summed E-state index contributed by atoms with van der Waals surface area (Å²) >= 11 is 0. The van der Waals surface area contributed by atoms with Crippen LogP contribution in [0.25, 0.3) is 6.08 Å². The fraction of sp³-hybridized carbons (Fsp3) is 0.238. The van der Waals surface area contributed by atoms with Gasteiger partial charge >= 0.3 is 0 Å². The smallest absolute Gasteiger partial charge is 0.266 e. The first-order valence-electron chi connectivity index (χ1n) is 8.58. The third kappa shape index (κ3) is 5.51. The Morgan fingerprint density at radius 1 is 1.07 bits per heavy atom. The molecule has 0 saturated carbocycles. The Kier molecular flexibility index (Phi) is 7.26. The van der Waals surface area contributed by atoms with Crippen molar-refractivity contribution >= 4 is 17.7 Å². The van der Waals surface area contributed by atoms with Crippen molar-refractivity contribution in [1.29, 1.82) is 5.26 Å². The van der Waals surface area contributed by atoms with Crippen molar-refractivity contribution < 1.29 is 19.0 Å². The van der Waals surface area contributed by atoms with Crippen molar-refractivity contribution in [1.82, 2.24) is 0 Å². The molecule has 0 aliphatic carbocycles. The Morgan fingerprint density at radius 3 is 2.37 bits per heavy atom. The number of hydrogen-bond donors (Lipinski definition) is 1. The average molecular weight is 366 g/mol. The molecule has 0 unspecified atom stereocenters. The van der Waals surface area contributed by atoms with E-state index in [9.17, 15) is 10.1 Å². The van der Waals surface area contributed by atoms with Gasteiger partial charge in [0.2, 0.25) is 0 Å². The highest BCUT2D eigenvalue weighted by Crippen LogP contribution is 2.29. The minimum absolute atomic E-state index is 0.0184. The van der Waals surface area contributed by atoms with Crippen molar-refractivity contribution in [3.63, 3.8) is 0 Å². The van der Waals surface area contributed by atoms with Gasteiger partial charge in [0.1, 0.15) is 17.4 Å². The van der Waals surface area contributed by atoms with Crippen LogP contribution in [-0.2, 0) is 4.79 Å². The second-order valence-electron chi connectivity index (χ2n) is 5.42. The lowest BCUT2D eigenvalue weighted by molar-refractivity contribution is -0.112. The number of benzene rings is 2. The highest BCUT2D eigenvalue weighted by molar-refractivity contribution is 6.09. The van der Waals surface area contributed by atoms with Crippen LogP contribution in [0.3, 0.4) is 0 Å². The molecular weight excluding hydrogens is 344 g/mol. The molecule has 0 radical (unpaired) electrons. The molecule has 0 heterocycles. The molecule has 0 aliphatic heterocycles. The zero-order chi connectivity index (χ0) is 19.6. The van der Waals surface area contributed by atoms with Gasteiger partial charge in [-0.15, -0.1) is 0 Å². The molecule has 6 heteroatoms. The zero-order valence-corrected chi connectivity index (χ0v) is 15.6. The Hall–Kier alpha value is -3.46. The molecule has 0 bridgehead atoms. The maximum Gasteiger partial charge on any atom is 0.266 e. The summed E-state index contributed by atoms with van der Waals surface area (Å²) in [5.41, 5.74) is 1.22. The van der Waals surface area contributed by atoms with Crippen molar-refractivity contribution in [3.8, 4) is 23.3 Å². The van der Waals surface area contributed by atoms with E-state index in [1.165, 1.54) is 13.2 Å². The molecule has 1 amide bonds. The summed E-state index contributed by atoms with van der Waals surface area (Å²) in [4.78, 5) is 12.4. The molecule has 0 atom stereocenters. The van der Waals surface area contributed by atoms with E-state index in [0.29, 0.717) is 41.7 Å². The quantitative estimate of drug-likeness (QED) is 0.563. The number of nitrogens with zero attached hydrogens (tertiary/aromatic N) is 1. The second kappa shape index (κ2) is 9.88. The van der Waals surface area contributed by atoms with Crippen LogP contribution in [0.2, 0.25) is 0 Å². The summed E-state index contributed by atoms with van der Waals surface area (Å²) in [5.74, 6) is 1.37. The number of nitrogens with one attached hydrogen (secondary N) is 1. The van der Waals surface area contributed by atoms with Gasteiger partial charge < -0.3 is 19.5 Å². The predicted molar refractivity (Wildman–Crippen MR) is 104 cm³/mol. The fourth-order valence-electron chi connectivity index (χ4n) is 2.36. The van der Waals surface area contributed by atoms with E-state index >= 15 is 0 Å². The van der Waals surface area contributed by atoms with Gasteiger partial charge in [-0.25, -0.2) is 0 Å². The first kappa shape index (κ1) is 19.9. The van der Waals surface area contributed by atoms with Crippen LogP contribution in [0.1, 0.15) is 19.4 Å². The van der Waals surface area contributed by atoms with Gasteiger partial charge in [0.15, 0.2) is 11.5 Å². The summed E-state index contributed by atoms with van der Waals surface area (Å²) in [5, 5.41) is 12.1. The summed E-state index contributed by atoms with van der Waals surface area (Å²) in [7, 11) is 1.54. The zero-order valence-electron chi connectivity index (χ0n) is 15.6. The fourth-order valence-corrected chi connectivity index (χ4v) is 2.36. The van der Waals surface area contributed by atoms with E-state index < -0.39 is 5.91 Å². The molecule has 27 heavy (non-hydrogen) atoms. The van der Waals surface area contributed by atoms with Crippen molar-refractivity contribution in [2.24, 2.45) is 0 Å². The van der Waals surface area contributed by atoms with Gasteiger partial charge in [0.25, 0.3) is 5.91 Å². The molecular formula is C21H22N2O4. The lowest BCUT2D eigenvalue weighted by Gasteiger charge is -2.10. The Labute approximate surface area is 159 Å². The number of carbonyl (C=O) groups is 1. The molecule has 6 nitrogen and oxygen atoms in total. The number of methoxy groups -OCH3 is 1. The van der Waals surface area contributed by atoms with E-state index in [0.717, 1.165) is 0 Å². The molecule has 0 saturated heterocycles. The van der Waals surface area contributed by atoms with Crippen molar-refractivity contribution in [3.05, 3.63) is 53.6 Å². The van der Waals surface area contributed by atoms with Crippen LogP contribution in [0, 0.1) is 11.3 Å². The van der Waals surface area contributed by atoms with E-state index in [4.69, 9.17) is 14.2 Å². The summed E-state index contributed by atoms with van der Waals surface area (Å²) in [6.45, 7) is 4.86. The number of ether oxygens (including phenoxy) is 3. The van der Waals surface area contributed by atoms with E-state index in [2.05, 4.69) is 5.32 Å². The molecule has 0 spiro atoms. The molecule has 0 aliphatic rings. The van der Waals surface area contributed by atoms with Crippen LogP contribution >= 0.6 is 0 Å². The molecule has 140 valence electrons. The minimum Gasteiger partial charge on any atom is -0.494 e. The van der Waals surface area contributed by atoms with Gasteiger partial charge in [0.05, 0.1) is 20.3 Å². The van der Waals surface area contributed by atoms with Crippen LogP contribution in [0.5, 0.6) is 17.2 Å². The van der Waals surface area contributed by atoms with Crippen LogP contribution in [0.4, 0.5) is 5.69 Å². The summed E-state index contributed by atoms with van der Waals surface area (Å²) < 4.78 is 16.1. The molecule has 1 N–H and O–H groups in total. The lowest BCUT2D eigenvalue weighted by atomic mass is 10.1. The molecule has 2 aromatic rings. The van der Waals surface area contributed by atoms with Gasteiger partial charge in [-0.05, 0) is 61.9 Å². The number of carbonyl (C=O) groups excluding carboxylic acids is 1. The Balaban J connectivity index is 2.17. The van der Waals surface area contributed by atoms with Crippen molar-refractivity contribution in [2.45, 2.75) is 13.8 Å². The number of rotatable bonds is 8. The topological polar surface area (TPSA) is 80.6 Å².